The predicted octanol–water partition coefficient (Wildman–Crippen LogP) is 0.625. The molecule has 0 radical (unpaired) electrons. The van der Waals surface area contributed by atoms with Gasteiger partial charge in [-0.25, -0.2) is 4.72 Å². The predicted molar refractivity (Wildman–Crippen MR) is 43.2 cm³/mol. The van der Waals surface area contributed by atoms with Crippen LogP contribution in [0, 0.1) is 12.3 Å². The fourth-order valence-electron chi connectivity index (χ4n) is 0.440. The van der Waals surface area contributed by atoms with Crippen LogP contribution in [0.2, 0.25) is 0 Å². The maximum absolute atomic E-state index is 11.7. The highest BCUT2D eigenvalue weighted by atomic mass is 32.2. The molecule has 0 aromatic heterocycles. The van der Waals surface area contributed by atoms with Crippen LogP contribution >= 0.6 is 11.8 Å². The van der Waals surface area contributed by atoms with Crippen molar-refractivity contribution >= 4 is 23.0 Å². The fraction of sp³-hybridized carbons (Fsp3) is 0.600. The molecule has 0 aromatic rings. The van der Waals surface area contributed by atoms with Crippen LogP contribution in [-0.4, -0.2) is 26.1 Å². The lowest BCUT2D eigenvalue weighted by Crippen LogP contribution is -2.27. The van der Waals surface area contributed by atoms with E-state index in [1.165, 1.54) is 0 Å². The first-order valence-corrected chi connectivity index (χ1v) is 4.84. The Morgan fingerprint density at radius 1 is 1.69 bits per heavy atom. The minimum absolute atomic E-state index is 0.428. The van der Waals surface area contributed by atoms with Gasteiger partial charge in [0.1, 0.15) is 0 Å². The van der Waals surface area contributed by atoms with E-state index in [9.17, 15) is 21.9 Å². The minimum Gasteiger partial charge on any atom is -0.760 e. The van der Waals surface area contributed by atoms with E-state index < -0.39 is 40.3 Å². The molecule has 0 heterocycles. The van der Waals surface area contributed by atoms with Crippen molar-refractivity contribution in [1.82, 2.24) is 4.72 Å². The maximum Gasteiger partial charge on any atom is 0.443 e. The minimum atomic E-state index is -4.46. The van der Waals surface area contributed by atoms with Gasteiger partial charge in [0.2, 0.25) is 0 Å². The Bertz CT molecular complexity index is 225. The fourth-order valence-corrected chi connectivity index (χ4v) is 1.41. The Labute approximate surface area is 79.9 Å². The summed E-state index contributed by atoms with van der Waals surface area (Å²) in [7, 11) is 0. The highest BCUT2D eigenvalue weighted by Crippen LogP contribution is 2.33. The molecule has 0 rings (SSSR count). The largest absolute Gasteiger partial charge is 0.760 e. The van der Waals surface area contributed by atoms with Crippen LogP contribution < -0.4 is 4.72 Å². The summed E-state index contributed by atoms with van der Waals surface area (Å²) in [5, 5.41) is -1.24. The summed E-state index contributed by atoms with van der Waals surface area (Å²) in [5.41, 5.74) is -4.46. The lowest BCUT2D eigenvalue weighted by molar-refractivity contribution is -0.0330. The summed E-state index contributed by atoms with van der Waals surface area (Å²) in [4.78, 5) is 0. The van der Waals surface area contributed by atoms with Crippen molar-refractivity contribution in [3.63, 3.8) is 0 Å². The highest BCUT2D eigenvalue weighted by Gasteiger charge is 2.32. The first kappa shape index (κ1) is 12.8. The molecule has 0 aromatic carbocycles. The van der Waals surface area contributed by atoms with Gasteiger partial charge in [-0.15, -0.1) is 6.42 Å². The molecule has 0 aliphatic carbocycles. The topological polar surface area (TPSA) is 52.2 Å². The number of hydrogen-bond acceptors (Lipinski definition) is 3. The summed E-state index contributed by atoms with van der Waals surface area (Å²) < 4.78 is 56.7. The van der Waals surface area contributed by atoms with Gasteiger partial charge < -0.3 is 4.55 Å². The zero-order chi connectivity index (χ0) is 10.5. The van der Waals surface area contributed by atoms with Crippen LogP contribution in [0.25, 0.3) is 0 Å². The summed E-state index contributed by atoms with van der Waals surface area (Å²) in [6.45, 7) is -0.434. The van der Waals surface area contributed by atoms with Crippen LogP contribution in [0.1, 0.15) is 0 Å². The van der Waals surface area contributed by atoms with E-state index in [-0.39, 0.29) is 0 Å². The van der Waals surface area contributed by atoms with Gasteiger partial charge in [0, 0.05) is 17.8 Å². The number of nitrogens with one attached hydrogen (secondary N) is 1. The second-order valence-electron chi connectivity index (χ2n) is 1.80. The molecular weight excluding hydrogens is 227 g/mol. The number of hydrogen-bond donors (Lipinski definition) is 1. The van der Waals surface area contributed by atoms with E-state index in [2.05, 4.69) is 0 Å². The molecule has 0 spiro atoms. The molecule has 76 valence electrons. The smallest absolute Gasteiger partial charge is 0.443 e. The van der Waals surface area contributed by atoms with Crippen molar-refractivity contribution < 1.29 is 21.9 Å². The van der Waals surface area contributed by atoms with E-state index in [1.807, 2.05) is 5.92 Å². The van der Waals surface area contributed by atoms with E-state index in [1.54, 1.807) is 4.72 Å². The lowest BCUT2D eigenvalue weighted by Gasteiger charge is -2.14. The molecule has 13 heavy (non-hydrogen) atoms. The van der Waals surface area contributed by atoms with Crippen molar-refractivity contribution in [1.29, 1.82) is 0 Å². The molecular formula is C5H5F3NO2S2-. The van der Waals surface area contributed by atoms with Gasteiger partial charge in [0.25, 0.3) is 0 Å². The SMILES string of the molecule is C#CC(CNS(=O)[O-])SC(F)(F)F. The molecule has 0 aliphatic rings. The molecule has 2 atom stereocenters. The third-order valence-electron chi connectivity index (χ3n) is 0.848. The first-order chi connectivity index (χ1) is 5.85. The Kier molecular flexibility index (Phi) is 5.39. The molecule has 1 N–H and O–H groups in total. The second-order valence-corrected chi connectivity index (χ2v) is 3.83. The van der Waals surface area contributed by atoms with Gasteiger partial charge in [0.15, 0.2) is 0 Å². The van der Waals surface area contributed by atoms with Crippen molar-refractivity contribution in [2.45, 2.75) is 10.8 Å². The van der Waals surface area contributed by atoms with Crippen molar-refractivity contribution in [2.75, 3.05) is 6.54 Å². The lowest BCUT2D eigenvalue weighted by atomic mass is 10.4. The van der Waals surface area contributed by atoms with E-state index >= 15 is 0 Å². The molecule has 0 bridgehead atoms. The third-order valence-corrected chi connectivity index (χ3v) is 2.11. The van der Waals surface area contributed by atoms with Gasteiger partial charge in [0.05, 0.1) is 5.25 Å². The van der Waals surface area contributed by atoms with Gasteiger partial charge >= 0.3 is 5.51 Å². The number of rotatable bonds is 4. The van der Waals surface area contributed by atoms with Crippen LogP contribution in [0.15, 0.2) is 0 Å². The Hall–Kier alpha value is -0.230. The van der Waals surface area contributed by atoms with Crippen molar-refractivity contribution in [3.8, 4) is 12.3 Å². The van der Waals surface area contributed by atoms with E-state index in [0.29, 0.717) is 0 Å². The maximum atomic E-state index is 11.7. The molecule has 0 aliphatic heterocycles. The van der Waals surface area contributed by atoms with Gasteiger partial charge in [-0.2, -0.15) is 13.2 Å². The van der Waals surface area contributed by atoms with Gasteiger partial charge in [-0.1, -0.05) is 5.92 Å². The zero-order valence-electron chi connectivity index (χ0n) is 6.13. The zero-order valence-corrected chi connectivity index (χ0v) is 7.76. The summed E-state index contributed by atoms with van der Waals surface area (Å²) in [5.74, 6) is 1.82. The summed E-state index contributed by atoms with van der Waals surface area (Å²) in [6, 6.07) is 0. The number of alkyl halides is 3. The van der Waals surface area contributed by atoms with Crippen LogP contribution in [0.4, 0.5) is 13.2 Å². The average Bonchev–Trinajstić information content (AvgIpc) is 1.95. The van der Waals surface area contributed by atoms with Gasteiger partial charge in [-0.3, -0.25) is 4.21 Å². The molecule has 0 fully saturated rings. The Morgan fingerprint density at radius 3 is 2.54 bits per heavy atom. The molecule has 0 saturated heterocycles. The number of terminal acetylenes is 1. The number of halogens is 3. The summed E-state index contributed by atoms with van der Waals surface area (Å²) in [6.07, 6.45) is 4.75. The van der Waals surface area contributed by atoms with E-state index in [0.717, 1.165) is 0 Å². The van der Waals surface area contributed by atoms with Crippen LogP contribution in [0.3, 0.4) is 0 Å². The Morgan fingerprint density at radius 2 is 2.23 bits per heavy atom. The Balaban J connectivity index is 3.93. The highest BCUT2D eigenvalue weighted by molar-refractivity contribution is 8.01. The molecule has 3 nitrogen and oxygen atoms in total. The average molecular weight is 232 g/mol. The van der Waals surface area contributed by atoms with E-state index in [4.69, 9.17) is 6.42 Å². The van der Waals surface area contributed by atoms with Crippen molar-refractivity contribution in [3.05, 3.63) is 0 Å². The first-order valence-electron chi connectivity index (χ1n) is 2.88. The molecule has 8 heteroatoms. The van der Waals surface area contributed by atoms with Gasteiger partial charge in [-0.05, 0) is 11.8 Å². The summed E-state index contributed by atoms with van der Waals surface area (Å²) >= 11 is -3.02. The number of thioether (sulfide) groups is 1. The molecule has 2 unspecified atom stereocenters. The van der Waals surface area contributed by atoms with Crippen LogP contribution in [-0.2, 0) is 11.3 Å². The molecule has 0 saturated carbocycles. The molecule has 0 amide bonds. The monoisotopic (exact) mass is 232 g/mol. The van der Waals surface area contributed by atoms with Crippen LogP contribution in [0.5, 0.6) is 0 Å². The quantitative estimate of drug-likeness (QED) is 0.571. The normalized spacial score (nSPS) is 16.2. The third kappa shape index (κ3) is 8.11. The van der Waals surface area contributed by atoms with Crippen molar-refractivity contribution in [2.24, 2.45) is 0 Å². The second kappa shape index (κ2) is 5.49. The standard InChI is InChI=1S/C5H6F3NO2S2/c1-2-4(3-9-13(10)11)12-5(6,7)8/h1,4,9H,3H2,(H,10,11)/p-1.